The Bertz CT molecular complexity index is 566. The minimum atomic E-state index is 0.477. The Morgan fingerprint density at radius 1 is 1.16 bits per heavy atom. The zero-order chi connectivity index (χ0) is 13.1. The number of nitrogens with zero attached hydrogens (tertiary/aromatic N) is 1. The van der Waals surface area contributed by atoms with Gasteiger partial charge in [-0.3, -0.25) is 0 Å². The second-order valence-corrected chi connectivity index (χ2v) is 4.89. The highest BCUT2D eigenvalue weighted by molar-refractivity contribution is 5.37. The van der Waals surface area contributed by atoms with Crippen LogP contribution in [0.2, 0.25) is 0 Å². The van der Waals surface area contributed by atoms with Crippen LogP contribution in [0.4, 0.5) is 0 Å². The molecule has 19 heavy (non-hydrogen) atoms. The molecule has 0 spiro atoms. The lowest BCUT2D eigenvalue weighted by Crippen LogP contribution is -2.06. The Kier molecular flexibility index (Phi) is 3.47. The van der Waals surface area contributed by atoms with E-state index in [1.165, 1.54) is 17.7 Å². The van der Waals surface area contributed by atoms with Gasteiger partial charge in [0.1, 0.15) is 6.61 Å². The van der Waals surface area contributed by atoms with E-state index in [0.29, 0.717) is 19.0 Å². The van der Waals surface area contributed by atoms with Gasteiger partial charge in [0.05, 0.1) is 0 Å². The molecule has 2 aromatic rings. The molecule has 0 atom stereocenters. The first kappa shape index (κ1) is 12.2. The normalized spacial score (nSPS) is 13.3. The summed E-state index contributed by atoms with van der Waals surface area (Å²) in [6.45, 7) is 1.02. The number of pyridine rings is 1. The van der Waals surface area contributed by atoms with Gasteiger partial charge in [-0.1, -0.05) is 30.3 Å². The van der Waals surface area contributed by atoms with E-state index in [-0.39, 0.29) is 0 Å². The van der Waals surface area contributed by atoms with Gasteiger partial charge in [0.25, 0.3) is 0 Å². The van der Waals surface area contributed by atoms with Crippen molar-refractivity contribution in [2.24, 2.45) is 5.73 Å². The summed E-state index contributed by atoms with van der Waals surface area (Å²) < 4.78 is 5.85. The number of hydrogen-bond donors (Lipinski definition) is 1. The van der Waals surface area contributed by atoms with E-state index in [2.05, 4.69) is 23.2 Å². The summed E-state index contributed by atoms with van der Waals surface area (Å²) in [4.78, 5) is 4.64. The number of aryl methyl sites for hydroxylation is 2. The minimum absolute atomic E-state index is 0.477. The lowest BCUT2D eigenvalue weighted by molar-refractivity contribution is 0.289. The molecule has 0 saturated heterocycles. The van der Waals surface area contributed by atoms with E-state index >= 15 is 0 Å². The minimum Gasteiger partial charge on any atom is -0.473 e. The van der Waals surface area contributed by atoms with Crippen LogP contribution in [-0.2, 0) is 26.0 Å². The number of nitrogens with two attached hydrogens (primary N) is 1. The number of hydrogen-bond acceptors (Lipinski definition) is 3. The second-order valence-electron chi connectivity index (χ2n) is 4.89. The third kappa shape index (κ3) is 2.61. The first-order valence-corrected chi connectivity index (χ1v) is 6.75. The van der Waals surface area contributed by atoms with Crippen LogP contribution in [0.15, 0.2) is 36.4 Å². The van der Waals surface area contributed by atoms with Crippen LogP contribution in [0.25, 0.3) is 0 Å². The monoisotopic (exact) mass is 254 g/mol. The van der Waals surface area contributed by atoms with Crippen LogP contribution in [0.3, 0.4) is 0 Å². The summed E-state index contributed by atoms with van der Waals surface area (Å²) in [6, 6.07) is 12.3. The molecule has 3 nitrogen and oxygen atoms in total. The molecule has 0 amide bonds. The molecule has 0 fully saturated rings. The molecular formula is C16H18N2O. The van der Waals surface area contributed by atoms with Crippen LogP contribution >= 0.6 is 0 Å². The zero-order valence-electron chi connectivity index (χ0n) is 10.9. The highest BCUT2D eigenvalue weighted by Crippen LogP contribution is 2.26. The molecule has 0 saturated carbocycles. The highest BCUT2D eigenvalue weighted by atomic mass is 16.5. The lowest BCUT2D eigenvalue weighted by atomic mass is 10.1. The summed E-state index contributed by atoms with van der Waals surface area (Å²) in [5.74, 6) is 0.701. The molecule has 98 valence electrons. The summed E-state index contributed by atoms with van der Waals surface area (Å²) in [6.07, 6.45) is 3.37. The van der Waals surface area contributed by atoms with Gasteiger partial charge >= 0.3 is 0 Å². The van der Waals surface area contributed by atoms with E-state index in [9.17, 15) is 0 Å². The van der Waals surface area contributed by atoms with E-state index in [1.54, 1.807) is 0 Å². The second kappa shape index (κ2) is 5.41. The SMILES string of the molecule is NCc1cc2c(nc1OCc1ccccc1)CCC2. The summed E-state index contributed by atoms with van der Waals surface area (Å²) in [7, 11) is 0. The van der Waals surface area contributed by atoms with Gasteiger partial charge in [0.2, 0.25) is 5.88 Å². The summed E-state index contributed by atoms with van der Waals surface area (Å²) in [5, 5.41) is 0. The number of ether oxygens (including phenoxy) is 1. The van der Waals surface area contributed by atoms with Crippen LogP contribution in [0, 0.1) is 0 Å². The molecule has 1 aromatic carbocycles. The molecule has 0 aliphatic heterocycles. The van der Waals surface area contributed by atoms with Gasteiger partial charge in [-0.25, -0.2) is 4.98 Å². The largest absolute Gasteiger partial charge is 0.473 e. The van der Waals surface area contributed by atoms with Gasteiger partial charge in [0, 0.05) is 17.8 Å². The maximum absolute atomic E-state index is 5.85. The first-order chi connectivity index (χ1) is 9.36. The Labute approximate surface area is 113 Å². The van der Waals surface area contributed by atoms with E-state index in [1.807, 2.05) is 18.2 Å². The van der Waals surface area contributed by atoms with Gasteiger partial charge < -0.3 is 10.5 Å². The van der Waals surface area contributed by atoms with E-state index < -0.39 is 0 Å². The topological polar surface area (TPSA) is 48.1 Å². The van der Waals surface area contributed by atoms with Crippen LogP contribution in [-0.4, -0.2) is 4.98 Å². The fourth-order valence-corrected chi connectivity index (χ4v) is 2.50. The molecular weight excluding hydrogens is 236 g/mol. The highest BCUT2D eigenvalue weighted by Gasteiger charge is 2.16. The van der Waals surface area contributed by atoms with Crippen molar-refractivity contribution >= 4 is 0 Å². The number of aromatic nitrogens is 1. The molecule has 0 unspecified atom stereocenters. The van der Waals surface area contributed by atoms with Crippen molar-refractivity contribution in [1.82, 2.24) is 4.98 Å². The van der Waals surface area contributed by atoms with E-state index in [0.717, 1.165) is 24.0 Å². The standard InChI is InChI=1S/C16H18N2O/c17-10-14-9-13-7-4-8-15(13)18-16(14)19-11-12-5-2-1-3-6-12/h1-3,5-6,9H,4,7-8,10-11,17H2. The van der Waals surface area contributed by atoms with Gasteiger partial charge in [-0.15, -0.1) is 0 Å². The molecule has 3 heteroatoms. The molecule has 0 bridgehead atoms. The quantitative estimate of drug-likeness (QED) is 0.912. The Hall–Kier alpha value is -1.87. The van der Waals surface area contributed by atoms with Crippen molar-refractivity contribution in [3.8, 4) is 5.88 Å². The number of fused-ring (bicyclic) bond motifs is 1. The van der Waals surface area contributed by atoms with E-state index in [4.69, 9.17) is 10.5 Å². The molecule has 1 aliphatic carbocycles. The van der Waals surface area contributed by atoms with Crippen molar-refractivity contribution in [2.45, 2.75) is 32.4 Å². The Balaban J connectivity index is 1.80. The smallest absolute Gasteiger partial charge is 0.218 e. The predicted molar refractivity (Wildman–Crippen MR) is 74.9 cm³/mol. The van der Waals surface area contributed by atoms with Crippen molar-refractivity contribution in [2.75, 3.05) is 0 Å². The molecule has 1 heterocycles. The van der Waals surface area contributed by atoms with Gasteiger partial charge in [0.15, 0.2) is 0 Å². The maximum atomic E-state index is 5.85. The molecule has 1 aliphatic rings. The average Bonchev–Trinajstić information content (AvgIpc) is 2.92. The fourth-order valence-electron chi connectivity index (χ4n) is 2.50. The van der Waals surface area contributed by atoms with Crippen molar-refractivity contribution in [3.05, 3.63) is 58.8 Å². The summed E-state index contributed by atoms with van der Waals surface area (Å²) >= 11 is 0. The van der Waals surface area contributed by atoms with Crippen LogP contribution in [0.1, 0.15) is 28.8 Å². The fraction of sp³-hybridized carbons (Fsp3) is 0.312. The molecule has 3 rings (SSSR count). The third-order valence-corrected chi connectivity index (χ3v) is 3.53. The summed E-state index contributed by atoms with van der Waals surface area (Å²) in [5.41, 5.74) is 10.5. The maximum Gasteiger partial charge on any atom is 0.218 e. The average molecular weight is 254 g/mol. The zero-order valence-corrected chi connectivity index (χ0v) is 10.9. The molecule has 2 N–H and O–H groups in total. The third-order valence-electron chi connectivity index (χ3n) is 3.53. The Morgan fingerprint density at radius 2 is 2.00 bits per heavy atom. The Morgan fingerprint density at radius 3 is 2.79 bits per heavy atom. The number of rotatable bonds is 4. The first-order valence-electron chi connectivity index (χ1n) is 6.75. The van der Waals surface area contributed by atoms with Crippen LogP contribution in [0.5, 0.6) is 5.88 Å². The van der Waals surface area contributed by atoms with Crippen molar-refractivity contribution in [3.63, 3.8) is 0 Å². The van der Waals surface area contributed by atoms with Gasteiger partial charge in [-0.05, 0) is 36.5 Å². The number of benzene rings is 1. The van der Waals surface area contributed by atoms with Crippen molar-refractivity contribution < 1.29 is 4.74 Å². The molecule has 0 radical (unpaired) electrons. The predicted octanol–water partition coefficient (Wildman–Crippen LogP) is 2.61. The lowest BCUT2D eigenvalue weighted by Gasteiger charge is -2.11. The van der Waals surface area contributed by atoms with Crippen LogP contribution < -0.4 is 10.5 Å². The van der Waals surface area contributed by atoms with Crippen molar-refractivity contribution in [1.29, 1.82) is 0 Å². The molecule has 1 aromatic heterocycles. The van der Waals surface area contributed by atoms with Gasteiger partial charge in [-0.2, -0.15) is 0 Å².